The third-order valence-electron chi connectivity index (χ3n) is 3.77. The standard InChI is InChI=1S/C15H18N2O3S2/c1-2-22(19,20)16-12-5-6-13-11(9-12)10-14(21-13)15(18)17-7-3-4-8-17/h5-6,9-10,16H,2-4,7-8H2,1H3. The Kier molecular flexibility index (Phi) is 4.10. The van der Waals surface area contributed by atoms with Gasteiger partial charge in [-0.25, -0.2) is 8.42 Å². The Morgan fingerprint density at radius 3 is 2.68 bits per heavy atom. The Morgan fingerprint density at radius 2 is 2.00 bits per heavy atom. The lowest BCUT2D eigenvalue weighted by molar-refractivity contribution is 0.0797. The molecule has 0 aliphatic carbocycles. The van der Waals surface area contributed by atoms with Crippen LogP contribution in [0.5, 0.6) is 0 Å². The number of rotatable bonds is 4. The second kappa shape index (κ2) is 5.89. The van der Waals surface area contributed by atoms with E-state index in [1.165, 1.54) is 11.3 Å². The van der Waals surface area contributed by atoms with E-state index in [1.807, 2.05) is 17.0 Å². The molecular weight excluding hydrogens is 320 g/mol. The summed E-state index contributed by atoms with van der Waals surface area (Å²) in [4.78, 5) is 15.0. The molecule has 1 saturated heterocycles. The zero-order chi connectivity index (χ0) is 15.7. The van der Waals surface area contributed by atoms with E-state index in [-0.39, 0.29) is 11.7 Å². The van der Waals surface area contributed by atoms with Crippen LogP contribution in [-0.4, -0.2) is 38.1 Å². The lowest BCUT2D eigenvalue weighted by Crippen LogP contribution is -2.26. The predicted octanol–water partition coefficient (Wildman–Crippen LogP) is 2.90. The first-order chi connectivity index (χ1) is 10.5. The minimum Gasteiger partial charge on any atom is -0.338 e. The monoisotopic (exact) mass is 338 g/mol. The number of hydrogen-bond acceptors (Lipinski definition) is 4. The van der Waals surface area contributed by atoms with Gasteiger partial charge in [0.05, 0.1) is 10.6 Å². The van der Waals surface area contributed by atoms with Gasteiger partial charge in [-0.05, 0) is 49.4 Å². The van der Waals surface area contributed by atoms with E-state index in [2.05, 4.69) is 4.72 Å². The van der Waals surface area contributed by atoms with E-state index in [9.17, 15) is 13.2 Å². The van der Waals surface area contributed by atoms with E-state index >= 15 is 0 Å². The minimum atomic E-state index is -3.29. The summed E-state index contributed by atoms with van der Waals surface area (Å²) in [5.74, 6) is 0.113. The van der Waals surface area contributed by atoms with E-state index in [0.29, 0.717) is 10.6 Å². The smallest absolute Gasteiger partial charge is 0.263 e. The van der Waals surface area contributed by atoms with Crippen molar-refractivity contribution in [3.63, 3.8) is 0 Å². The average Bonchev–Trinajstić information content (AvgIpc) is 3.15. The number of nitrogens with one attached hydrogen (secondary N) is 1. The normalized spacial score (nSPS) is 15.4. The third-order valence-corrected chi connectivity index (χ3v) is 6.18. The van der Waals surface area contributed by atoms with Gasteiger partial charge in [0.15, 0.2) is 0 Å². The third kappa shape index (κ3) is 3.10. The second-order valence-corrected chi connectivity index (χ2v) is 8.46. The summed E-state index contributed by atoms with van der Waals surface area (Å²) in [6.45, 7) is 3.25. The molecule has 0 unspecified atom stereocenters. The van der Waals surface area contributed by atoms with Crippen LogP contribution >= 0.6 is 11.3 Å². The molecular formula is C15H18N2O3S2. The highest BCUT2D eigenvalue weighted by Crippen LogP contribution is 2.30. The van der Waals surface area contributed by atoms with Gasteiger partial charge in [0.25, 0.3) is 5.91 Å². The van der Waals surface area contributed by atoms with Crippen LogP contribution in [0.15, 0.2) is 24.3 Å². The van der Waals surface area contributed by atoms with Crippen LogP contribution in [-0.2, 0) is 10.0 Å². The van der Waals surface area contributed by atoms with Crippen LogP contribution in [0.2, 0.25) is 0 Å². The molecule has 1 amide bonds. The Labute approximate surface area is 134 Å². The molecule has 0 bridgehead atoms. The average molecular weight is 338 g/mol. The zero-order valence-corrected chi connectivity index (χ0v) is 14.0. The fraction of sp³-hybridized carbons (Fsp3) is 0.400. The molecule has 1 N–H and O–H groups in total. The van der Waals surface area contributed by atoms with Gasteiger partial charge in [0, 0.05) is 23.5 Å². The summed E-state index contributed by atoms with van der Waals surface area (Å²) in [5, 5.41) is 0.892. The molecule has 2 heterocycles. The summed E-state index contributed by atoms with van der Waals surface area (Å²) in [6, 6.07) is 7.22. The molecule has 1 aromatic heterocycles. The number of benzene rings is 1. The largest absolute Gasteiger partial charge is 0.338 e. The Morgan fingerprint density at radius 1 is 1.27 bits per heavy atom. The molecule has 7 heteroatoms. The fourth-order valence-corrected chi connectivity index (χ4v) is 4.18. The number of fused-ring (bicyclic) bond motifs is 1. The number of thiophene rings is 1. The molecule has 1 aliphatic heterocycles. The highest BCUT2D eigenvalue weighted by atomic mass is 32.2. The molecule has 0 saturated carbocycles. The molecule has 5 nitrogen and oxygen atoms in total. The van der Waals surface area contributed by atoms with Crippen LogP contribution in [0.4, 0.5) is 5.69 Å². The van der Waals surface area contributed by atoms with Gasteiger partial charge in [-0.2, -0.15) is 0 Å². The Hall–Kier alpha value is -1.60. The van der Waals surface area contributed by atoms with Gasteiger partial charge >= 0.3 is 0 Å². The van der Waals surface area contributed by atoms with E-state index in [4.69, 9.17) is 0 Å². The van der Waals surface area contributed by atoms with Crippen molar-refractivity contribution < 1.29 is 13.2 Å². The number of nitrogens with zero attached hydrogens (tertiary/aromatic N) is 1. The molecule has 118 valence electrons. The first kappa shape index (κ1) is 15.3. The van der Waals surface area contributed by atoms with Crippen LogP contribution < -0.4 is 4.72 Å². The molecule has 1 aromatic carbocycles. The molecule has 2 aromatic rings. The number of carbonyl (C=O) groups excluding carboxylic acids is 1. The molecule has 1 fully saturated rings. The van der Waals surface area contributed by atoms with E-state index in [1.54, 1.807) is 19.1 Å². The van der Waals surface area contributed by atoms with Crippen LogP contribution in [0, 0.1) is 0 Å². The summed E-state index contributed by atoms with van der Waals surface area (Å²) in [6.07, 6.45) is 2.14. The fourth-order valence-electron chi connectivity index (χ4n) is 2.54. The van der Waals surface area contributed by atoms with E-state index < -0.39 is 10.0 Å². The first-order valence-corrected chi connectivity index (χ1v) is 9.79. The first-order valence-electron chi connectivity index (χ1n) is 7.32. The van der Waals surface area contributed by atoms with Crippen molar-refractivity contribution in [1.82, 2.24) is 4.90 Å². The van der Waals surface area contributed by atoms with Gasteiger partial charge in [-0.1, -0.05) is 0 Å². The number of hydrogen-bond donors (Lipinski definition) is 1. The van der Waals surface area contributed by atoms with Crippen LogP contribution in [0.25, 0.3) is 10.1 Å². The van der Waals surface area contributed by atoms with Crippen molar-refractivity contribution >= 4 is 43.0 Å². The van der Waals surface area contributed by atoms with Crippen LogP contribution in [0.3, 0.4) is 0 Å². The quantitative estimate of drug-likeness (QED) is 0.932. The second-order valence-electron chi connectivity index (χ2n) is 5.37. The number of carbonyl (C=O) groups is 1. The molecule has 0 spiro atoms. The van der Waals surface area contributed by atoms with Crippen molar-refractivity contribution in [3.8, 4) is 0 Å². The summed E-state index contributed by atoms with van der Waals surface area (Å²) < 4.78 is 26.8. The van der Waals surface area contributed by atoms with Crippen molar-refractivity contribution in [2.24, 2.45) is 0 Å². The predicted molar refractivity (Wildman–Crippen MR) is 90.0 cm³/mol. The lowest BCUT2D eigenvalue weighted by Gasteiger charge is -2.13. The molecule has 22 heavy (non-hydrogen) atoms. The maximum atomic E-state index is 12.4. The summed E-state index contributed by atoms with van der Waals surface area (Å²) in [5.41, 5.74) is 0.535. The number of likely N-dealkylation sites (tertiary alicyclic amines) is 1. The maximum absolute atomic E-state index is 12.4. The number of amides is 1. The van der Waals surface area contributed by atoms with Crippen molar-refractivity contribution in [3.05, 3.63) is 29.1 Å². The Balaban J connectivity index is 1.88. The number of sulfonamides is 1. The van der Waals surface area contributed by atoms with Crippen molar-refractivity contribution in [2.75, 3.05) is 23.6 Å². The number of anilines is 1. The van der Waals surface area contributed by atoms with Crippen molar-refractivity contribution in [1.29, 1.82) is 0 Å². The molecule has 1 aliphatic rings. The highest BCUT2D eigenvalue weighted by molar-refractivity contribution is 7.92. The van der Waals surface area contributed by atoms with Crippen molar-refractivity contribution in [2.45, 2.75) is 19.8 Å². The van der Waals surface area contributed by atoms with Gasteiger partial charge in [-0.15, -0.1) is 11.3 Å². The van der Waals surface area contributed by atoms with Gasteiger partial charge < -0.3 is 4.90 Å². The summed E-state index contributed by atoms with van der Waals surface area (Å²) in [7, 11) is -3.29. The van der Waals surface area contributed by atoms with E-state index in [0.717, 1.165) is 36.0 Å². The molecule has 0 atom stereocenters. The molecule has 3 rings (SSSR count). The molecule has 0 radical (unpaired) electrons. The highest BCUT2D eigenvalue weighted by Gasteiger charge is 2.21. The van der Waals surface area contributed by atoms with Gasteiger partial charge in [0.2, 0.25) is 10.0 Å². The lowest BCUT2D eigenvalue weighted by atomic mass is 10.2. The maximum Gasteiger partial charge on any atom is 0.263 e. The minimum absolute atomic E-state index is 0.0351. The SMILES string of the molecule is CCS(=O)(=O)Nc1ccc2sc(C(=O)N3CCCC3)cc2c1. The van der Waals surface area contributed by atoms with Gasteiger partial charge in [0.1, 0.15) is 0 Å². The Bertz CT molecular complexity index is 805. The summed E-state index contributed by atoms with van der Waals surface area (Å²) >= 11 is 1.46. The zero-order valence-electron chi connectivity index (χ0n) is 12.3. The topological polar surface area (TPSA) is 66.5 Å². The van der Waals surface area contributed by atoms with Crippen LogP contribution in [0.1, 0.15) is 29.4 Å². The van der Waals surface area contributed by atoms with Gasteiger partial charge in [-0.3, -0.25) is 9.52 Å².